The summed E-state index contributed by atoms with van der Waals surface area (Å²) in [5, 5.41) is 0. The molecule has 0 spiro atoms. The van der Waals surface area contributed by atoms with Gasteiger partial charge in [-0.15, -0.1) is 6.58 Å². The number of rotatable bonds is 6. The van der Waals surface area contributed by atoms with Crippen LogP contribution in [0.25, 0.3) is 0 Å². The summed E-state index contributed by atoms with van der Waals surface area (Å²) >= 11 is 0. The fraction of sp³-hybridized carbons (Fsp3) is 0.467. The Morgan fingerprint density at radius 2 is 2.06 bits per heavy atom. The first-order chi connectivity index (χ1) is 7.56. The van der Waals surface area contributed by atoms with E-state index in [1.165, 1.54) is 5.57 Å². The third kappa shape index (κ3) is 9.30. The third-order valence-electron chi connectivity index (χ3n) is 1.87. The molecule has 1 nitrogen and oxygen atoms in total. The molecule has 0 unspecified atom stereocenters. The van der Waals surface area contributed by atoms with Gasteiger partial charge in [0.05, 0.1) is 6.61 Å². The molecule has 0 radical (unpaired) electrons. The summed E-state index contributed by atoms with van der Waals surface area (Å²) in [4.78, 5) is 0. The van der Waals surface area contributed by atoms with Crippen molar-refractivity contribution >= 4 is 0 Å². The van der Waals surface area contributed by atoms with Gasteiger partial charge in [0.2, 0.25) is 0 Å². The average molecular weight is 218 g/mol. The predicted octanol–water partition coefficient (Wildman–Crippen LogP) is 3.88. The van der Waals surface area contributed by atoms with E-state index in [-0.39, 0.29) is 6.10 Å². The van der Waals surface area contributed by atoms with Crippen molar-refractivity contribution in [3.05, 3.63) is 36.5 Å². The Morgan fingerprint density at radius 1 is 1.38 bits per heavy atom. The van der Waals surface area contributed by atoms with Crippen LogP contribution >= 0.6 is 0 Å². The van der Waals surface area contributed by atoms with Crippen molar-refractivity contribution in [3.63, 3.8) is 0 Å². The first-order valence-corrected chi connectivity index (χ1v) is 5.59. The zero-order valence-corrected chi connectivity index (χ0v) is 10.7. The molecule has 0 fully saturated rings. The number of ether oxygens (including phenoxy) is 1. The van der Waals surface area contributed by atoms with E-state index in [9.17, 15) is 0 Å². The first kappa shape index (κ1) is 14.7. The van der Waals surface area contributed by atoms with E-state index in [4.69, 9.17) is 4.74 Å². The zero-order valence-electron chi connectivity index (χ0n) is 10.7. The van der Waals surface area contributed by atoms with Crippen LogP contribution in [-0.2, 0) is 4.74 Å². The van der Waals surface area contributed by atoms with Crippen LogP contribution in [0.4, 0.5) is 0 Å². The van der Waals surface area contributed by atoms with Crippen LogP contribution in [0.15, 0.2) is 36.5 Å². The van der Waals surface area contributed by atoms with Gasteiger partial charge < -0.3 is 4.74 Å². The summed E-state index contributed by atoms with van der Waals surface area (Å²) in [6.45, 7) is 14.1. The van der Waals surface area contributed by atoms with Crippen molar-refractivity contribution < 1.29 is 4.74 Å². The van der Waals surface area contributed by atoms with Gasteiger partial charge in [-0.25, -0.2) is 0 Å². The second kappa shape index (κ2) is 9.00. The van der Waals surface area contributed by atoms with E-state index in [1.807, 2.05) is 13.0 Å². The Hall–Kier alpha value is -1.26. The smallest absolute Gasteiger partial charge is 0.119 e. The highest BCUT2D eigenvalue weighted by Gasteiger charge is 2.02. The van der Waals surface area contributed by atoms with Crippen molar-refractivity contribution in [2.24, 2.45) is 0 Å². The van der Waals surface area contributed by atoms with Crippen molar-refractivity contribution in [2.45, 2.75) is 39.7 Å². The van der Waals surface area contributed by atoms with E-state index in [0.29, 0.717) is 6.61 Å². The highest BCUT2D eigenvalue weighted by atomic mass is 16.5. The molecule has 0 aliphatic rings. The lowest BCUT2D eigenvalue weighted by molar-refractivity contribution is 0.110. The summed E-state index contributed by atoms with van der Waals surface area (Å²) in [5.74, 6) is 6.05. The van der Waals surface area contributed by atoms with Gasteiger partial charge in [0.15, 0.2) is 0 Å². The molecule has 0 aromatic carbocycles. The molecule has 0 N–H and O–H groups in total. The highest BCUT2D eigenvalue weighted by molar-refractivity contribution is 5.24. The molecular formula is C15H22O. The lowest BCUT2D eigenvalue weighted by Crippen LogP contribution is -2.10. The summed E-state index contributed by atoms with van der Waals surface area (Å²) < 4.78 is 5.67. The predicted molar refractivity (Wildman–Crippen MR) is 71.2 cm³/mol. The Morgan fingerprint density at radius 3 is 2.56 bits per heavy atom. The van der Waals surface area contributed by atoms with Crippen LogP contribution in [0, 0.1) is 11.8 Å². The molecule has 0 bridgehead atoms. The molecule has 0 aromatic heterocycles. The van der Waals surface area contributed by atoms with E-state index < -0.39 is 0 Å². The molecule has 0 saturated heterocycles. The van der Waals surface area contributed by atoms with Crippen LogP contribution in [-0.4, -0.2) is 12.7 Å². The second-order valence-corrected chi connectivity index (χ2v) is 4.02. The average Bonchev–Trinajstić information content (AvgIpc) is 2.20. The Bertz CT molecular complexity index is 308. The van der Waals surface area contributed by atoms with Crippen molar-refractivity contribution in [1.29, 1.82) is 0 Å². The van der Waals surface area contributed by atoms with Gasteiger partial charge in [-0.05, 0) is 39.2 Å². The van der Waals surface area contributed by atoms with Crippen LogP contribution in [0.2, 0.25) is 0 Å². The third-order valence-corrected chi connectivity index (χ3v) is 1.87. The molecule has 0 amide bonds. The fourth-order valence-corrected chi connectivity index (χ4v) is 1.00. The molecule has 1 heteroatoms. The molecule has 0 aliphatic heterocycles. The van der Waals surface area contributed by atoms with Gasteiger partial charge in [-0.3, -0.25) is 0 Å². The van der Waals surface area contributed by atoms with E-state index in [1.54, 1.807) is 0 Å². The maximum atomic E-state index is 5.67. The van der Waals surface area contributed by atoms with Crippen molar-refractivity contribution in [1.82, 2.24) is 0 Å². The summed E-state index contributed by atoms with van der Waals surface area (Å²) in [6, 6.07) is 0. The van der Waals surface area contributed by atoms with Gasteiger partial charge >= 0.3 is 0 Å². The Labute approximate surface area is 99.9 Å². The minimum Gasteiger partial charge on any atom is -0.361 e. The molecule has 0 aliphatic carbocycles. The van der Waals surface area contributed by atoms with E-state index in [0.717, 1.165) is 18.4 Å². The van der Waals surface area contributed by atoms with Gasteiger partial charge in [-0.1, -0.05) is 36.1 Å². The van der Waals surface area contributed by atoms with Gasteiger partial charge in [-0.2, -0.15) is 0 Å². The zero-order chi connectivity index (χ0) is 12.4. The molecule has 0 heterocycles. The lowest BCUT2D eigenvalue weighted by atomic mass is 10.2. The number of hydrogen-bond donors (Lipinski definition) is 0. The molecule has 0 saturated carbocycles. The summed E-state index contributed by atoms with van der Waals surface area (Å²) in [6.07, 6.45) is 5.73. The topological polar surface area (TPSA) is 9.23 Å². The number of allylic oxidation sites excluding steroid dienone is 3. The normalized spacial score (nSPS) is 10.9. The second-order valence-electron chi connectivity index (χ2n) is 4.02. The summed E-state index contributed by atoms with van der Waals surface area (Å²) in [5.41, 5.74) is 2.13. The molecule has 16 heavy (non-hydrogen) atoms. The Balaban J connectivity index is 4.21. The van der Waals surface area contributed by atoms with Gasteiger partial charge in [0.25, 0.3) is 0 Å². The first-order valence-electron chi connectivity index (χ1n) is 5.59. The molecule has 1 atom stereocenters. The van der Waals surface area contributed by atoms with Crippen LogP contribution in [0.1, 0.15) is 33.6 Å². The monoisotopic (exact) mass is 218 g/mol. The van der Waals surface area contributed by atoms with Gasteiger partial charge in [0, 0.05) is 0 Å². The molecular weight excluding hydrogens is 196 g/mol. The standard InChI is InChI=1S/C15H22O/c1-6-7-8-15(10-9-13(2)3)16-12-11-14(4)5/h6,11,15H,1-2,7-8,12H2,3-5H3/t15-/m1/s1. The summed E-state index contributed by atoms with van der Waals surface area (Å²) in [7, 11) is 0. The quantitative estimate of drug-likeness (QED) is 0.485. The molecule has 88 valence electrons. The van der Waals surface area contributed by atoms with Gasteiger partial charge in [0.1, 0.15) is 6.10 Å². The van der Waals surface area contributed by atoms with Crippen LogP contribution in [0.3, 0.4) is 0 Å². The Kier molecular flexibility index (Phi) is 8.29. The van der Waals surface area contributed by atoms with Crippen LogP contribution in [0.5, 0.6) is 0 Å². The molecule has 0 aromatic rings. The van der Waals surface area contributed by atoms with Crippen LogP contribution < -0.4 is 0 Å². The number of hydrogen-bond acceptors (Lipinski definition) is 1. The SMILES string of the molecule is C=CCC[C@H](C#CC(=C)C)OCC=C(C)C. The lowest BCUT2D eigenvalue weighted by Gasteiger charge is -2.09. The largest absolute Gasteiger partial charge is 0.361 e. The maximum Gasteiger partial charge on any atom is 0.119 e. The fourth-order valence-electron chi connectivity index (χ4n) is 1.00. The highest BCUT2D eigenvalue weighted by Crippen LogP contribution is 2.03. The van der Waals surface area contributed by atoms with Crippen molar-refractivity contribution in [2.75, 3.05) is 6.61 Å². The molecule has 0 rings (SSSR count). The van der Waals surface area contributed by atoms with E-state index >= 15 is 0 Å². The maximum absolute atomic E-state index is 5.67. The minimum absolute atomic E-state index is 0.0229. The van der Waals surface area contributed by atoms with Crippen molar-refractivity contribution in [3.8, 4) is 11.8 Å². The van der Waals surface area contributed by atoms with E-state index in [2.05, 4.69) is 44.9 Å². The minimum atomic E-state index is -0.0229.